The van der Waals surface area contributed by atoms with E-state index >= 15 is 0 Å². The molecule has 0 aromatic heterocycles. The molecule has 0 fully saturated rings. The van der Waals surface area contributed by atoms with Gasteiger partial charge in [-0.3, -0.25) is 4.79 Å². The summed E-state index contributed by atoms with van der Waals surface area (Å²) < 4.78 is 5.69. The molecule has 20 heavy (non-hydrogen) atoms. The van der Waals surface area contributed by atoms with Gasteiger partial charge in [0.15, 0.2) is 0 Å². The van der Waals surface area contributed by atoms with E-state index in [2.05, 4.69) is 11.9 Å². The van der Waals surface area contributed by atoms with Gasteiger partial charge in [-0.1, -0.05) is 50.8 Å². The van der Waals surface area contributed by atoms with Crippen LogP contribution in [-0.4, -0.2) is 18.1 Å². The van der Waals surface area contributed by atoms with Gasteiger partial charge in [0.05, 0.1) is 0 Å². The molecule has 0 bridgehead atoms. The molecule has 3 heteroatoms. The molecule has 1 amide bonds. The molecule has 1 unspecified atom stereocenters. The molecule has 0 radical (unpaired) electrons. The maximum atomic E-state index is 12.2. The van der Waals surface area contributed by atoms with Crippen molar-refractivity contribution in [3.05, 3.63) is 42.0 Å². The summed E-state index contributed by atoms with van der Waals surface area (Å²) >= 11 is 0. The van der Waals surface area contributed by atoms with Crippen LogP contribution in [0, 0.1) is 0 Å². The first kappa shape index (κ1) is 16.4. The second-order valence-electron chi connectivity index (χ2n) is 5.06. The van der Waals surface area contributed by atoms with Crippen molar-refractivity contribution in [1.82, 2.24) is 5.32 Å². The van der Waals surface area contributed by atoms with Crippen molar-refractivity contribution < 1.29 is 9.53 Å². The van der Waals surface area contributed by atoms with Gasteiger partial charge in [0, 0.05) is 13.2 Å². The third-order valence-electron chi connectivity index (χ3n) is 3.45. The van der Waals surface area contributed by atoms with Crippen LogP contribution in [-0.2, 0) is 16.1 Å². The largest absolute Gasteiger partial charge is 0.365 e. The van der Waals surface area contributed by atoms with Gasteiger partial charge in [-0.25, -0.2) is 0 Å². The predicted octanol–water partition coefficient (Wildman–Crippen LogP) is 3.54. The first-order valence-corrected chi connectivity index (χ1v) is 7.19. The Bertz CT molecular complexity index is 439. The normalized spacial score (nSPS) is 13.6. The molecule has 3 nitrogen and oxygen atoms in total. The van der Waals surface area contributed by atoms with E-state index in [1.54, 1.807) is 6.08 Å². The molecular formula is C17H25NO2. The number of hydrogen-bond acceptors (Lipinski definition) is 2. The summed E-state index contributed by atoms with van der Waals surface area (Å²) in [4.78, 5) is 12.2. The minimum atomic E-state index is -0.739. The van der Waals surface area contributed by atoms with E-state index in [-0.39, 0.29) is 5.91 Å². The van der Waals surface area contributed by atoms with E-state index in [0.717, 1.165) is 17.5 Å². The van der Waals surface area contributed by atoms with Crippen molar-refractivity contribution in [3.63, 3.8) is 0 Å². The maximum Gasteiger partial charge on any atom is 0.252 e. The third-order valence-corrected chi connectivity index (χ3v) is 3.45. The van der Waals surface area contributed by atoms with Gasteiger partial charge in [-0.05, 0) is 30.9 Å². The molecule has 1 rings (SSSR count). The zero-order chi connectivity index (χ0) is 15.0. The fourth-order valence-electron chi connectivity index (χ4n) is 1.80. The highest BCUT2D eigenvalue weighted by molar-refractivity contribution is 5.84. The van der Waals surface area contributed by atoms with Crippen LogP contribution in [0.4, 0.5) is 0 Å². The van der Waals surface area contributed by atoms with Crippen molar-refractivity contribution >= 4 is 12.0 Å². The highest BCUT2D eigenvalue weighted by atomic mass is 16.5. The summed E-state index contributed by atoms with van der Waals surface area (Å²) in [5, 5.41) is 2.95. The summed E-state index contributed by atoms with van der Waals surface area (Å²) in [5.74, 6) is -0.0544. The number of hydrogen-bond donors (Lipinski definition) is 1. The molecule has 1 atom stereocenters. The first-order chi connectivity index (χ1) is 9.55. The van der Waals surface area contributed by atoms with Crippen molar-refractivity contribution in [2.75, 3.05) is 6.61 Å². The molecule has 0 saturated carbocycles. The third kappa shape index (κ3) is 4.49. The second kappa shape index (κ2) is 7.85. The summed E-state index contributed by atoms with van der Waals surface area (Å²) in [6.07, 6.45) is 3.37. The molecule has 110 valence electrons. The fourth-order valence-corrected chi connectivity index (χ4v) is 1.80. The Morgan fingerprint density at radius 1 is 1.35 bits per heavy atom. The molecule has 1 N–H and O–H groups in total. The van der Waals surface area contributed by atoms with Crippen LogP contribution >= 0.6 is 0 Å². The SMILES string of the molecule is C=Cc1ccc(CNC(=O)C(C)(CC)OCCC)cc1. The molecule has 0 heterocycles. The first-order valence-electron chi connectivity index (χ1n) is 7.19. The molecule has 1 aromatic carbocycles. The van der Waals surface area contributed by atoms with E-state index in [9.17, 15) is 4.79 Å². The summed E-state index contributed by atoms with van der Waals surface area (Å²) in [7, 11) is 0. The Morgan fingerprint density at radius 2 is 2.00 bits per heavy atom. The highest BCUT2D eigenvalue weighted by Gasteiger charge is 2.31. The average Bonchev–Trinajstić information content (AvgIpc) is 2.50. The van der Waals surface area contributed by atoms with Crippen LogP contribution in [0.15, 0.2) is 30.8 Å². The molecule has 0 aliphatic heterocycles. The van der Waals surface area contributed by atoms with Crippen LogP contribution in [0.25, 0.3) is 6.08 Å². The van der Waals surface area contributed by atoms with E-state index in [1.807, 2.05) is 45.0 Å². The van der Waals surface area contributed by atoms with Gasteiger partial charge in [0.1, 0.15) is 5.60 Å². The molecule has 0 aliphatic carbocycles. The highest BCUT2D eigenvalue weighted by Crippen LogP contribution is 2.16. The molecule has 0 saturated heterocycles. The van der Waals surface area contributed by atoms with Crippen LogP contribution in [0.1, 0.15) is 44.7 Å². The minimum absolute atomic E-state index is 0.0544. The van der Waals surface area contributed by atoms with Gasteiger partial charge in [0.2, 0.25) is 0 Å². The van der Waals surface area contributed by atoms with Gasteiger partial charge in [-0.15, -0.1) is 0 Å². The Balaban J connectivity index is 2.57. The molecular weight excluding hydrogens is 250 g/mol. The standard InChI is InChI=1S/C17H25NO2/c1-5-12-20-17(4,7-3)16(19)18-13-15-10-8-14(6-2)9-11-15/h6,8-11H,2,5,7,12-13H2,1,3-4H3,(H,18,19). The Kier molecular flexibility index (Phi) is 6.46. The van der Waals surface area contributed by atoms with Crippen LogP contribution in [0.3, 0.4) is 0 Å². The van der Waals surface area contributed by atoms with Gasteiger partial charge >= 0.3 is 0 Å². The predicted molar refractivity (Wildman–Crippen MR) is 83.3 cm³/mol. The molecule has 1 aromatic rings. The summed E-state index contributed by atoms with van der Waals surface area (Å²) in [6.45, 7) is 10.7. The van der Waals surface area contributed by atoms with Gasteiger partial charge < -0.3 is 10.1 Å². The number of rotatable bonds is 8. The quantitative estimate of drug-likeness (QED) is 0.788. The lowest BCUT2D eigenvalue weighted by molar-refractivity contribution is -0.145. The van der Waals surface area contributed by atoms with Crippen molar-refractivity contribution in [3.8, 4) is 0 Å². The van der Waals surface area contributed by atoms with E-state index < -0.39 is 5.60 Å². The maximum absolute atomic E-state index is 12.2. The Hall–Kier alpha value is -1.61. The lowest BCUT2D eigenvalue weighted by atomic mass is 10.0. The zero-order valence-corrected chi connectivity index (χ0v) is 12.7. The van der Waals surface area contributed by atoms with Crippen LogP contribution in [0.2, 0.25) is 0 Å². The number of ether oxygens (including phenoxy) is 1. The number of amides is 1. The average molecular weight is 275 g/mol. The number of nitrogens with one attached hydrogen (secondary N) is 1. The number of carbonyl (C=O) groups is 1. The fraction of sp³-hybridized carbons (Fsp3) is 0.471. The smallest absolute Gasteiger partial charge is 0.252 e. The summed E-state index contributed by atoms with van der Waals surface area (Å²) in [5.41, 5.74) is 1.40. The lowest BCUT2D eigenvalue weighted by Gasteiger charge is -2.27. The molecule has 0 aliphatic rings. The molecule has 0 spiro atoms. The second-order valence-corrected chi connectivity index (χ2v) is 5.06. The van der Waals surface area contributed by atoms with E-state index in [0.29, 0.717) is 19.6 Å². The van der Waals surface area contributed by atoms with Crippen molar-refractivity contribution in [2.45, 2.75) is 45.8 Å². The summed E-state index contributed by atoms with van der Waals surface area (Å²) in [6, 6.07) is 7.96. The number of carbonyl (C=O) groups excluding carboxylic acids is 1. The van der Waals surface area contributed by atoms with Crippen LogP contribution in [0.5, 0.6) is 0 Å². The zero-order valence-electron chi connectivity index (χ0n) is 12.7. The van der Waals surface area contributed by atoms with Gasteiger partial charge in [-0.2, -0.15) is 0 Å². The number of benzene rings is 1. The van der Waals surface area contributed by atoms with E-state index in [4.69, 9.17) is 4.74 Å². The monoisotopic (exact) mass is 275 g/mol. The van der Waals surface area contributed by atoms with Crippen molar-refractivity contribution in [2.24, 2.45) is 0 Å². The van der Waals surface area contributed by atoms with E-state index in [1.165, 1.54) is 0 Å². The van der Waals surface area contributed by atoms with Crippen LogP contribution < -0.4 is 5.32 Å². The minimum Gasteiger partial charge on any atom is -0.365 e. The topological polar surface area (TPSA) is 38.3 Å². The lowest BCUT2D eigenvalue weighted by Crippen LogP contribution is -2.46. The van der Waals surface area contributed by atoms with Crippen molar-refractivity contribution in [1.29, 1.82) is 0 Å². The Morgan fingerprint density at radius 3 is 2.50 bits per heavy atom. The van der Waals surface area contributed by atoms with Gasteiger partial charge in [0.25, 0.3) is 5.91 Å². The Labute approximate surface area is 122 Å².